The van der Waals surface area contributed by atoms with Crippen molar-refractivity contribution in [1.29, 1.82) is 0 Å². The highest BCUT2D eigenvalue weighted by Crippen LogP contribution is 2.48. The molecule has 0 saturated carbocycles. The number of fused-ring (bicyclic) bond motifs is 1. The molecule has 270 valence electrons. The number of pyridine rings is 1. The van der Waals surface area contributed by atoms with Crippen LogP contribution in [0.5, 0.6) is 17.5 Å². The first-order valence-electron chi connectivity index (χ1n) is 17.4. The van der Waals surface area contributed by atoms with Crippen LogP contribution in [0.3, 0.4) is 0 Å². The van der Waals surface area contributed by atoms with Crippen LogP contribution in [0.15, 0.2) is 48.7 Å². The molecule has 4 aliphatic heterocycles. The predicted octanol–water partition coefficient (Wildman–Crippen LogP) is 4.74. The molecule has 1 atom stereocenters. The van der Waals surface area contributed by atoms with E-state index in [2.05, 4.69) is 25.1 Å². The number of hydrogen-bond acceptors (Lipinski definition) is 10. The highest BCUT2D eigenvalue weighted by atomic mass is 35.5. The number of nitrogens with one attached hydrogen (secondary N) is 1. The number of rotatable bonds is 8. The average Bonchev–Trinajstić information content (AvgIpc) is 3.75. The quantitative estimate of drug-likeness (QED) is 0.272. The van der Waals surface area contributed by atoms with Gasteiger partial charge in [-0.05, 0) is 12.5 Å². The highest BCUT2D eigenvalue weighted by molar-refractivity contribution is 6.36. The molecular weight excluding hydrogens is 689 g/mol. The summed E-state index contributed by atoms with van der Waals surface area (Å²) in [6, 6.07) is 12.3. The number of amides is 2. The summed E-state index contributed by atoms with van der Waals surface area (Å²) in [5.41, 5.74) is 3.87. The van der Waals surface area contributed by atoms with Gasteiger partial charge in [-0.15, -0.1) is 0 Å². The van der Waals surface area contributed by atoms with E-state index in [1.165, 1.54) is 7.11 Å². The van der Waals surface area contributed by atoms with Gasteiger partial charge in [-0.2, -0.15) is 0 Å². The summed E-state index contributed by atoms with van der Waals surface area (Å²) in [4.78, 5) is 44.0. The maximum atomic E-state index is 16.5. The summed E-state index contributed by atoms with van der Waals surface area (Å²) < 4.78 is 34.0. The third-order valence-electron chi connectivity index (χ3n) is 10.6. The Bertz CT molecular complexity index is 2070. The number of nitrogens with zero attached hydrogens (tertiary/aromatic N) is 6. The summed E-state index contributed by atoms with van der Waals surface area (Å²) in [6.07, 6.45) is 2.96. The van der Waals surface area contributed by atoms with E-state index >= 15 is 4.39 Å². The zero-order valence-corrected chi connectivity index (χ0v) is 30.0. The topological polar surface area (TPSA) is 122 Å². The van der Waals surface area contributed by atoms with Gasteiger partial charge in [-0.1, -0.05) is 41.9 Å². The number of halogens is 2. The maximum absolute atomic E-state index is 16.5. The molecule has 3 fully saturated rings. The number of ether oxygens (including phenoxy) is 3. The minimum atomic E-state index is -0.498. The van der Waals surface area contributed by atoms with Crippen molar-refractivity contribution in [2.45, 2.75) is 37.9 Å². The van der Waals surface area contributed by atoms with E-state index in [1.54, 1.807) is 44.5 Å². The third-order valence-corrected chi connectivity index (χ3v) is 11.0. The molecule has 0 aliphatic carbocycles. The fourth-order valence-corrected chi connectivity index (χ4v) is 8.16. The summed E-state index contributed by atoms with van der Waals surface area (Å²) in [5.74, 6) is 1.09. The fraction of sp³-hybridized carbons (Fsp3) is 0.395. The highest BCUT2D eigenvalue weighted by Gasteiger charge is 2.51. The largest absolute Gasteiger partial charge is 0.491 e. The van der Waals surface area contributed by atoms with Crippen molar-refractivity contribution in [3.8, 4) is 51.2 Å². The molecule has 1 spiro atoms. The molecule has 14 heteroatoms. The molecule has 6 heterocycles. The van der Waals surface area contributed by atoms with Crippen molar-refractivity contribution in [1.82, 2.24) is 35.0 Å². The monoisotopic (exact) mass is 727 g/mol. The van der Waals surface area contributed by atoms with Crippen molar-refractivity contribution in [3.05, 3.63) is 70.8 Å². The zero-order chi connectivity index (χ0) is 36.1. The first-order valence-corrected chi connectivity index (χ1v) is 17.8. The van der Waals surface area contributed by atoms with Crippen LogP contribution in [0.2, 0.25) is 5.02 Å². The van der Waals surface area contributed by atoms with Crippen LogP contribution in [-0.2, 0) is 16.1 Å². The molecule has 12 nitrogen and oxygen atoms in total. The van der Waals surface area contributed by atoms with E-state index in [4.69, 9.17) is 30.8 Å². The van der Waals surface area contributed by atoms with Crippen molar-refractivity contribution in [2.75, 3.05) is 60.1 Å². The van der Waals surface area contributed by atoms with E-state index in [9.17, 15) is 9.59 Å². The normalized spacial score (nSPS) is 19.6. The van der Waals surface area contributed by atoms with E-state index in [-0.39, 0.29) is 29.0 Å². The van der Waals surface area contributed by atoms with Gasteiger partial charge in [0.15, 0.2) is 0 Å². The lowest BCUT2D eigenvalue weighted by atomic mass is 9.86. The Balaban J connectivity index is 1.05. The smallest absolute Gasteiger partial charge is 0.237 e. The Kier molecular flexibility index (Phi) is 8.96. The molecule has 4 aliphatic rings. The number of hydrogen-bond donors (Lipinski definition) is 1. The molecule has 52 heavy (non-hydrogen) atoms. The Morgan fingerprint density at radius 1 is 1.00 bits per heavy atom. The number of likely N-dealkylation sites (tertiary alicyclic amines) is 1. The lowest BCUT2D eigenvalue weighted by Crippen LogP contribution is -2.67. The lowest BCUT2D eigenvalue weighted by molar-refractivity contribution is -0.130. The number of piperazine rings is 1. The first kappa shape index (κ1) is 34.2. The molecule has 4 aromatic rings. The van der Waals surface area contributed by atoms with Gasteiger partial charge in [0.2, 0.25) is 23.6 Å². The Labute approximate surface area is 305 Å². The molecular formula is C38H39ClFN7O5. The molecule has 2 amide bonds. The van der Waals surface area contributed by atoms with Crippen LogP contribution >= 0.6 is 11.6 Å². The van der Waals surface area contributed by atoms with Crippen LogP contribution in [0.25, 0.3) is 33.6 Å². The summed E-state index contributed by atoms with van der Waals surface area (Å²) in [5, 5.41) is 3.46. The van der Waals surface area contributed by atoms with Crippen molar-refractivity contribution in [2.24, 2.45) is 0 Å². The second kappa shape index (κ2) is 13.6. The molecule has 2 aromatic heterocycles. The molecule has 2 aromatic carbocycles. The number of benzene rings is 2. The number of carbonyl (C=O) groups excluding carboxylic acids is 2. The zero-order valence-electron chi connectivity index (χ0n) is 29.2. The SMILES string of the molecule is COc1nc(-c2cccc(-c3cccc(-c4cc5c(c(OC)n4)[C@@H](N4CC6(CCC(=O)N6)C4)CO5)c3Cl)c2F)cnc1CN1CCN(C(C)=O)CC1. The summed E-state index contributed by atoms with van der Waals surface area (Å²) in [6.45, 7) is 6.75. The molecule has 0 unspecified atom stereocenters. The number of aromatic nitrogens is 3. The van der Waals surface area contributed by atoms with Gasteiger partial charge in [-0.25, -0.2) is 14.4 Å². The van der Waals surface area contributed by atoms with Crippen LogP contribution in [0.4, 0.5) is 4.39 Å². The average molecular weight is 728 g/mol. The van der Waals surface area contributed by atoms with Crippen LogP contribution in [0, 0.1) is 5.82 Å². The van der Waals surface area contributed by atoms with Gasteiger partial charge >= 0.3 is 0 Å². The minimum Gasteiger partial charge on any atom is -0.491 e. The van der Waals surface area contributed by atoms with E-state index in [0.29, 0.717) is 102 Å². The van der Waals surface area contributed by atoms with Gasteiger partial charge in [0.05, 0.1) is 54.0 Å². The molecule has 8 rings (SSSR count). The Morgan fingerprint density at radius 3 is 2.38 bits per heavy atom. The Hall–Kier alpha value is -4.85. The molecule has 0 radical (unpaired) electrons. The predicted molar refractivity (Wildman–Crippen MR) is 192 cm³/mol. The van der Waals surface area contributed by atoms with E-state index in [0.717, 1.165) is 25.1 Å². The van der Waals surface area contributed by atoms with Gasteiger partial charge in [0.1, 0.15) is 23.9 Å². The summed E-state index contributed by atoms with van der Waals surface area (Å²) in [7, 11) is 3.10. The van der Waals surface area contributed by atoms with Crippen molar-refractivity contribution < 1.29 is 28.2 Å². The van der Waals surface area contributed by atoms with Crippen LogP contribution < -0.4 is 19.5 Å². The van der Waals surface area contributed by atoms with Crippen molar-refractivity contribution >= 4 is 23.4 Å². The first-order chi connectivity index (χ1) is 25.2. The fourth-order valence-electron chi connectivity index (χ4n) is 7.84. The van der Waals surface area contributed by atoms with Gasteiger partial charge in [-0.3, -0.25) is 24.4 Å². The van der Waals surface area contributed by atoms with Crippen LogP contribution in [0.1, 0.15) is 37.1 Å². The molecule has 1 N–H and O–H groups in total. The minimum absolute atomic E-state index is 0.0486. The van der Waals surface area contributed by atoms with Gasteiger partial charge < -0.3 is 24.4 Å². The maximum Gasteiger partial charge on any atom is 0.237 e. The third kappa shape index (κ3) is 6.10. The standard InChI is InChI=1S/C38H39ClFN7O5/c1-22(48)46-14-12-45(13-15-46)18-29-36(50-2)43-28(17-41-29)26-9-5-7-24(35(26)40)23-6-4-8-25(34(23)39)27-16-31-33(37(42-27)51-3)30(19-52-31)47-20-38(21-47)11-10-32(49)44-38/h4-9,16-17,30H,10-15,18-21H2,1-3H3,(H,44,49)/t30-/m0/s1. The van der Waals surface area contributed by atoms with Gasteiger partial charge in [0, 0.05) is 87.5 Å². The van der Waals surface area contributed by atoms with Crippen molar-refractivity contribution in [3.63, 3.8) is 0 Å². The molecule has 3 saturated heterocycles. The van der Waals surface area contributed by atoms with E-state index in [1.807, 2.05) is 23.1 Å². The van der Waals surface area contributed by atoms with Gasteiger partial charge in [0.25, 0.3) is 0 Å². The Morgan fingerprint density at radius 2 is 1.69 bits per heavy atom. The second-order valence-electron chi connectivity index (χ2n) is 13.8. The molecule has 0 bridgehead atoms. The summed E-state index contributed by atoms with van der Waals surface area (Å²) >= 11 is 7.07. The van der Waals surface area contributed by atoms with E-state index < -0.39 is 5.82 Å². The van der Waals surface area contributed by atoms with Crippen LogP contribution in [-0.4, -0.2) is 107 Å². The number of methoxy groups -OCH3 is 2. The number of carbonyl (C=O) groups is 2. The second-order valence-corrected chi connectivity index (χ2v) is 14.2. The lowest BCUT2D eigenvalue weighted by Gasteiger charge is -2.50.